The molecule has 8 heteroatoms. The predicted molar refractivity (Wildman–Crippen MR) is 65.0 cm³/mol. The molecule has 0 aliphatic rings. The minimum absolute atomic E-state index is 0.0784. The second-order valence-electron chi connectivity index (χ2n) is 3.03. The molecule has 94 valence electrons. The molecule has 0 spiro atoms. The van der Waals surface area contributed by atoms with Crippen LogP contribution in [0.1, 0.15) is 27.2 Å². The summed E-state index contributed by atoms with van der Waals surface area (Å²) in [5, 5.41) is 12.4. The highest BCUT2D eigenvalue weighted by Gasteiger charge is 2.14. The lowest BCUT2D eigenvalue weighted by Crippen LogP contribution is -2.28. The van der Waals surface area contributed by atoms with Crippen LogP contribution in [0.5, 0.6) is 0 Å². The molecule has 1 aromatic heterocycles. The van der Waals surface area contributed by atoms with Crippen LogP contribution in [0.2, 0.25) is 0 Å². The Morgan fingerprint density at radius 3 is 2.82 bits per heavy atom. The van der Waals surface area contributed by atoms with Crippen LogP contribution in [0.4, 0.5) is 0 Å². The zero-order valence-corrected chi connectivity index (χ0v) is 10.8. The third-order valence-electron chi connectivity index (χ3n) is 1.86. The maximum atomic E-state index is 11.5. The molecule has 0 aliphatic carbocycles. The fraction of sp³-hybridized carbons (Fsp3) is 0.444. The molecule has 6 nitrogen and oxygen atoms in total. The Morgan fingerprint density at radius 1 is 1.59 bits per heavy atom. The number of aromatic nitrogens is 1. The van der Waals surface area contributed by atoms with E-state index in [1.807, 2.05) is 0 Å². The predicted octanol–water partition coefficient (Wildman–Crippen LogP) is 0.340. The Hall–Kier alpha value is -1.28. The summed E-state index contributed by atoms with van der Waals surface area (Å²) in [5.41, 5.74) is 0.0784. The third kappa shape index (κ3) is 4.23. The lowest BCUT2D eigenvalue weighted by Gasteiger charge is -2.01. The van der Waals surface area contributed by atoms with Crippen molar-refractivity contribution in [1.82, 2.24) is 10.3 Å². The summed E-state index contributed by atoms with van der Waals surface area (Å²) in [6.45, 7) is 2.09. The quantitative estimate of drug-likeness (QED) is 0.781. The van der Waals surface area contributed by atoms with Crippen molar-refractivity contribution in [3.8, 4) is 0 Å². The van der Waals surface area contributed by atoms with Gasteiger partial charge in [0.25, 0.3) is 5.91 Å². The molecule has 0 saturated heterocycles. The smallest absolute Gasteiger partial charge is 0.365 e. The molecule has 17 heavy (non-hydrogen) atoms. The second-order valence-corrected chi connectivity index (χ2v) is 5.75. The molecule has 1 heterocycles. The molecule has 1 amide bonds. The lowest BCUT2D eigenvalue weighted by atomic mass is 10.4. The minimum Gasteiger partial charge on any atom is -0.476 e. The Kier molecular flexibility index (Phi) is 5.23. The highest BCUT2D eigenvalue weighted by atomic mass is 32.2. The van der Waals surface area contributed by atoms with E-state index in [9.17, 15) is 13.8 Å². The summed E-state index contributed by atoms with van der Waals surface area (Å²) in [6, 6.07) is 0. The number of nitrogens with one attached hydrogen (secondary N) is 1. The van der Waals surface area contributed by atoms with E-state index < -0.39 is 22.7 Å². The Labute approximate surface area is 105 Å². The van der Waals surface area contributed by atoms with Crippen molar-refractivity contribution in [3.05, 3.63) is 16.1 Å². The topological polar surface area (TPSA) is 96.4 Å². The van der Waals surface area contributed by atoms with Crippen molar-refractivity contribution >= 4 is 34.0 Å². The van der Waals surface area contributed by atoms with E-state index in [1.165, 1.54) is 5.38 Å². The van der Waals surface area contributed by atoms with Crippen LogP contribution in [0.3, 0.4) is 0 Å². The molecule has 0 aliphatic heterocycles. The van der Waals surface area contributed by atoms with E-state index >= 15 is 0 Å². The molecule has 1 unspecified atom stereocenters. The third-order valence-corrected chi connectivity index (χ3v) is 3.99. The van der Waals surface area contributed by atoms with Gasteiger partial charge in [0.2, 0.25) is 5.01 Å². The van der Waals surface area contributed by atoms with Crippen molar-refractivity contribution < 1.29 is 18.9 Å². The van der Waals surface area contributed by atoms with Gasteiger partial charge in [-0.1, -0.05) is 6.92 Å². The number of amides is 1. The highest BCUT2D eigenvalue weighted by Crippen LogP contribution is 2.09. The van der Waals surface area contributed by atoms with Gasteiger partial charge in [0.1, 0.15) is 5.69 Å². The molecule has 0 bridgehead atoms. The van der Waals surface area contributed by atoms with Gasteiger partial charge in [0, 0.05) is 34.2 Å². The van der Waals surface area contributed by atoms with Crippen molar-refractivity contribution in [3.63, 3.8) is 0 Å². The number of carboxylic acid groups (broad SMARTS) is 1. The zero-order chi connectivity index (χ0) is 12.8. The Bertz CT molecular complexity index is 444. The first-order valence-electron chi connectivity index (χ1n) is 4.86. The number of aromatic carboxylic acids is 1. The molecule has 0 aromatic carbocycles. The van der Waals surface area contributed by atoms with E-state index in [0.29, 0.717) is 18.1 Å². The van der Waals surface area contributed by atoms with Crippen LogP contribution in [0.25, 0.3) is 0 Å². The summed E-state index contributed by atoms with van der Waals surface area (Å²) in [7, 11) is -0.929. The summed E-state index contributed by atoms with van der Waals surface area (Å²) < 4.78 is 11.1. The van der Waals surface area contributed by atoms with Crippen LogP contribution in [-0.4, -0.2) is 44.2 Å². The van der Waals surface area contributed by atoms with Gasteiger partial charge in [0.05, 0.1) is 0 Å². The molecule has 0 saturated carbocycles. The molecule has 0 fully saturated rings. The molecule has 1 aromatic rings. The highest BCUT2D eigenvalue weighted by molar-refractivity contribution is 7.84. The number of carboxylic acids is 1. The molecule has 0 radical (unpaired) electrons. The molecule has 1 atom stereocenters. The van der Waals surface area contributed by atoms with Gasteiger partial charge in [-0.3, -0.25) is 9.00 Å². The fourth-order valence-corrected chi connectivity index (χ4v) is 2.24. The number of carbonyl (C=O) groups excluding carboxylic acids is 1. The van der Waals surface area contributed by atoms with Gasteiger partial charge in [0.15, 0.2) is 0 Å². The van der Waals surface area contributed by atoms with Gasteiger partial charge >= 0.3 is 5.97 Å². The van der Waals surface area contributed by atoms with Crippen LogP contribution in [-0.2, 0) is 10.8 Å². The molecular weight excluding hydrogens is 264 g/mol. The zero-order valence-electron chi connectivity index (χ0n) is 9.13. The van der Waals surface area contributed by atoms with E-state index in [2.05, 4.69) is 10.3 Å². The van der Waals surface area contributed by atoms with Crippen LogP contribution in [0, 0.1) is 0 Å². The average molecular weight is 276 g/mol. The van der Waals surface area contributed by atoms with Gasteiger partial charge in [-0.25, -0.2) is 9.78 Å². The van der Waals surface area contributed by atoms with Gasteiger partial charge in [-0.15, -0.1) is 11.3 Å². The SMILES string of the molecule is CCS(=O)CCNC(=O)c1csc(C(=O)O)n1. The second kappa shape index (κ2) is 6.45. The first-order valence-corrected chi connectivity index (χ1v) is 7.23. The van der Waals surface area contributed by atoms with Crippen molar-refractivity contribution in [2.75, 3.05) is 18.1 Å². The number of carbonyl (C=O) groups is 2. The van der Waals surface area contributed by atoms with E-state index in [1.54, 1.807) is 6.92 Å². The number of thiazole rings is 1. The first kappa shape index (κ1) is 13.8. The Balaban J connectivity index is 2.47. The summed E-state index contributed by atoms with van der Waals surface area (Å²) in [4.78, 5) is 25.7. The van der Waals surface area contributed by atoms with Crippen molar-refractivity contribution in [2.24, 2.45) is 0 Å². The van der Waals surface area contributed by atoms with E-state index in [4.69, 9.17) is 5.11 Å². The van der Waals surface area contributed by atoms with Gasteiger partial charge in [-0.2, -0.15) is 0 Å². The average Bonchev–Trinajstić information content (AvgIpc) is 2.78. The number of nitrogens with zero attached hydrogens (tertiary/aromatic N) is 1. The van der Waals surface area contributed by atoms with Crippen LogP contribution in [0.15, 0.2) is 5.38 Å². The van der Waals surface area contributed by atoms with Crippen molar-refractivity contribution in [1.29, 1.82) is 0 Å². The first-order chi connectivity index (χ1) is 8.04. The van der Waals surface area contributed by atoms with Crippen LogP contribution < -0.4 is 5.32 Å². The number of rotatable bonds is 6. The molecule has 2 N–H and O–H groups in total. The summed E-state index contributed by atoms with van der Waals surface area (Å²) in [5.74, 6) is -0.656. The van der Waals surface area contributed by atoms with E-state index in [-0.39, 0.29) is 10.7 Å². The molecular formula is C9H12N2O4S2. The van der Waals surface area contributed by atoms with Crippen molar-refractivity contribution in [2.45, 2.75) is 6.92 Å². The largest absolute Gasteiger partial charge is 0.476 e. The van der Waals surface area contributed by atoms with E-state index in [0.717, 1.165) is 11.3 Å². The molecule has 1 rings (SSSR count). The van der Waals surface area contributed by atoms with Gasteiger partial charge < -0.3 is 10.4 Å². The summed E-state index contributed by atoms with van der Waals surface area (Å²) in [6.07, 6.45) is 0. The maximum absolute atomic E-state index is 11.5. The number of hydrogen-bond acceptors (Lipinski definition) is 5. The van der Waals surface area contributed by atoms with Gasteiger partial charge in [-0.05, 0) is 0 Å². The number of hydrogen-bond donors (Lipinski definition) is 2. The normalized spacial score (nSPS) is 12.1. The summed E-state index contributed by atoms with van der Waals surface area (Å²) >= 11 is 0.899. The monoisotopic (exact) mass is 276 g/mol. The van der Waals surface area contributed by atoms with Crippen LogP contribution >= 0.6 is 11.3 Å². The fourth-order valence-electron chi connectivity index (χ4n) is 0.990. The lowest BCUT2D eigenvalue weighted by molar-refractivity contribution is 0.0696. The Morgan fingerprint density at radius 2 is 2.29 bits per heavy atom. The maximum Gasteiger partial charge on any atom is 0.365 e. The standard InChI is InChI=1S/C9H12N2O4S2/c1-2-17(15)4-3-10-7(12)6-5-16-8(11-6)9(13)14/h5H,2-4H2,1H3,(H,10,12)(H,13,14). The minimum atomic E-state index is -1.15.